The average molecular weight is 503 g/mol. The van der Waals surface area contributed by atoms with E-state index in [1.807, 2.05) is 20.8 Å². The number of amides is 2. The molecule has 1 fully saturated rings. The Balaban J connectivity index is 1.88. The molecule has 1 aliphatic heterocycles. The van der Waals surface area contributed by atoms with Crippen LogP contribution in [0.25, 0.3) is 0 Å². The lowest BCUT2D eigenvalue weighted by Gasteiger charge is -2.42. The molecule has 2 aromatic rings. The van der Waals surface area contributed by atoms with E-state index in [1.165, 1.54) is 35.2 Å². The highest BCUT2D eigenvalue weighted by Crippen LogP contribution is 2.41. The number of hydrogen-bond donors (Lipinski definition) is 1. The van der Waals surface area contributed by atoms with Crippen LogP contribution in [0.15, 0.2) is 46.9 Å². The number of alkyl halides is 3. The maximum atomic E-state index is 14.6. The van der Waals surface area contributed by atoms with Gasteiger partial charge in [0, 0.05) is 15.6 Å². The number of nitrogens with zero attached hydrogens (tertiary/aromatic N) is 1. The monoisotopic (exact) mass is 502 g/mol. The van der Waals surface area contributed by atoms with Crippen LogP contribution in [0.5, 0.6) is 0 Å². The molecule has 0 radical (unpaired) electrons. The van der Waals surface area contributed by atoms with E-state index in [2.05, 4.69) is 21.2 Å². The Morgan fingerprint density at radius 3 is 2.35 bits per heavy atom. The van der Waals surface area contributed by atoms with Gasteiger partial charge in [-0.3, -0.25) is 0 Å². The number of likely N-dealkylation sites (tertiary alicyclic amines) is 1. The van der Waals surface area contributed by atoms with E-state index in [0.717, 1.165) is 6.07 Å². The molecule has 168 valence electrons. The first-order valence-corrected chi connectivity index (χ1v) is 10.5. The average Bonchev–Trinajstić information content (AvgIpc) is 2.60. The second-order valence-electron chi connectivity index (χ2n) is 8.47. The highest BCUT2D eigenvalue weighted by atomic mass is 79.9. The molecule has 3 rings (SSSR count). The molecule has 0 spiro atoms. The molecule has 0 aliphatic carbocycles. The first-order chi connectivity index (χ1) is 14.3. The van der Waals surface area contributed by atoms with Crippen molar-refractivity contribution in [2.24, 2.45) is 0 Å². The van der Waals surface area contributed by atoms with Crippen molar-refractivity contribution in [3.63, 3.8) is 0 Å². The summed E-state index contributed by atoms with van der Waals surface area (Å²) in [6.07, 6.45) is -6.45. The van der Waals surface area contributed by atoms with E-state index >= 15 is 0 Å². The van der Waals surface area contributed by atoms with Crippen LogP contribution in [-0.2, 0) is 10.9 Å². The molecule has 31 heavy (non-hydrogen) atoms. The quantitative estimate of drug-likeness (QED) is 0.528. The second kappa shape index (κ2) is 8.78. The zero-order chi connectivity index (χ0) is 23.0. The van der Waals surface area contributed by atoms with Gasteiger partial charge in [0.2, 0.25) is 0 Å². The minimum atomic E-state index is -4.65. The number of urea groups is 1. The van der Waals surface area contributed by atoms with Gasteiger partial charge in [-0.05, 0) is 44.5 Å². The lowest BCUT2D eigenvalue weighted by molar-refractivity contribution is -0.140. The van der Waals surface area contributed by atoms with Crippen LogP contribution >= 0.6 is 15.9 Å². The van der Waals surface area contributed by atoms with Gasteiger partial charge in [0.05, 0.1) is 24.8 Å². The lowest BCUT2D eigenvalue weighted by atomic mass is 9.95. The predicted octanol–water partition coefficient (Wildman–Crippen LogP) is 5.91. The van der Waals surface area contributed by atoms with E-state index in [1.54, 1.807) is 6.07 Å². The third-order valence-electron chi connectivity index (χ3n) is 4.74. The summed E-state index contributed by atoms with van der Waals surface area (Å²) < 4.78 is 62.0. The molecule has 0 bridgehead atoms. The third-order valence-corrected chi connectivity index (χ3v) is 5.23. The van der Waals surface area contributed by atoms with Gasteiger partial charge in [0.15, 0.2) is 0 Å². The second-order valence-corrected chi connectivity index (χ2v) is 9.39. The Kier molecular flexibility index (Phi) is 6.67. The third kappa shape index (κ3) is 5.77. The van der Waals surface area contributed by atoms with E-state index in [9.17, 15) is 22.4 Å². The van der Waals surface area contributed by atoms with Crippen LogP contribution < -0.4 is 5.32 Å². The fraction of sp³-hybridized carbons (Fsp3) is 0.409. The predicted molar refractivity (Wildman–Crippen MR) is 112 cm³/mol. The van der Waals surface area contributed by atoms with Crippen molar-refractivity contribution < 1.29 is 27.1 Å². The molecule has 2 amide bonds. The summed E-state index contributed by atoms with van der Waals surface area (Å²) in [6.45, 7) is 5.94. The Hall–Kier alpha value is -2.13. The topological polar surface area (TPSA) is 41.6 Å². The summed E-state index contributed by atoms with van der Waals surface area (Å²) in [4.78, 5) is 13.7. The minimum Gasteiger partial charge on any atom is -0.362 e. The maximum absolute atomic E-state index is 14.6. The van der Waals surface area contributed by atoms with Gasteiger partial charge in [-0.25, -0.2) is 9.18 Å². The van der Waals surface area contributed by atoms with Crippen molar-refractivity contribution in [3.8, 4) is 0 Å². The molecule has 0 saturated carbocycles. The van der Waals surface area contributed by atoms with Crippen LogP contribution in [-0.4, -0.2) is 35.7 Å². The van der Waals surface area contributed by atoms with Gasteiger partial charge in [-0.15, -0.1) is 0 Å². The molecule has 1 atom stereocenters. The summed E-state index contributed by atoms with van der Waals surface area (Å²) in [5.41, 5.74) is -1.50. The zero-order valence-corrected chi connectivity index (χ0v) is 18.8. The summed E-state index contributed by atoms with van der Waals surface area (Å²) in [6, 6.07) is 9.02. The van der Waals surface area contributed by atoms with E-state index in [0.29, 0.717) is 0 Å². The fourth-order valence-electron chi connectivity index (χ4n) is 3.29. The number of benzene rings is 2. The zero-order valence-electron chi connectivity index (χ0n) is 17.3. The Morgan fingerprint density at radius 2 is 1.77 bits per heavy atom. The number of carbonyl (C=O) groups excluding carboxylic acids is 1. The van der Waals surface area contributed by atoms with Crippen LogP contribution in [0.3, 0.4) is 0 Å². The maximum Gasteiger partial charge on any atom is 0.416 e. The molecule has 4 nitrogen and oxygen atoms in total. The summed E-state index contributed by atoms with van der Waals surface area (Å²) >= 11 is 3.07. The summed E-state index contributed by atoms with van der Waals surface area (Å²) in [7, 11) is 0. The lowest BCUT2D eigenvalue weighted by Crippen LogP contribution is -2.60. The van der Waals surface area contributed by atoms with E-state index < -0.39 is 35.3 Å². The fourth-order valence-corrected chi connectivity index (χ4v) is 3.65. The van der Waals surface area contributed by atoms with Crippen molar-refractivity contribution in [2.45, 2.75) is 44.7 Å². The number of nitrogens with one attached hydrogen (secondary N) is 1. The van der Waals surface area contributed by atoms with E-state index in [-0.39, 0.29) is 34.7 Å². The highest BCUT2D eigenvalue weighted by Gasteiger charge is 2.40. The molecule has 0 aromatic heterocycles. The van der Waals surface area contributed by atoms with Crippen LogP contribution in [0.4, 0.5) is 22.4 Å². The van der Waals surface area contributed by atoms with Gasteiger partial charge >= 0.3 is 12.2 Å². The molecule has 1 heterocycles. The number of halogens is 5. The van der Waals surface area contributed by atoms with Crippen molar-refractivity contribution in [2.75, 3.05) is 13.1 Å². The number of hydrogen-bond acceptors (Lipinski definition) is 2. The molecular formula is C22H23BrF4N2O2. The molecule has 1 saturated heterocycles. The van der Waals surface area contributed by atoms with Crippen molar-refractivity contribution in [1.82, 2.24) is 10.2 Å². The number of ether oxygens (including phenoxy) is 1. The molecule has 1 aliphatic rings. The normalized spacial score (nSPS) is 16.1. The SMILES string of the molecule is CC(C)(C)NC(=O)N1CC(OC(c2ccccc2F)c2ccc(Br)cc2C(F)(F)F)C1. The highest BCUT2D eigenvalue weighted by molar-refractivity contribution is 9.10. The van der Waals surface area contributed by atoms with Crippen molar-refractivity contribution >= 4 is 22.0 Å². The van der Waals surface area contributed by atoms with Crippen LogP contribution in [0, 0.1) is 5.82 Å². The van der Waals surface area contributed by atoms with Gasteiger partial charge < -0.3 is 15.0 Å². The minimum absolute atomic E-state index is 0.00733. The molecule has 9 heteroatoms. The molecule has 1 unspecified atom stereocenters. The summed E-state index contributed by atoms with van der Waals surface area (Å²) in [5, 5.41) is 2.82. The standard InChI is InChI=1S/C22H23BrF4N2O2/c1-21(2,3)28-20(30)29-11-14(12-29)31-19(16-6-4-5-7-18(16)24)15-9-8-13(23)10-17(15)22(25,26)27/h4-10,14,19H,11-12H2,1-3H3,(H,28,30). The van der Waals surface area contributed by atoms with Crippen molar-refractivity contribution in [3.05, 3.63) is 69.4 Å². The first kappa shape index (κ1) is 23.5. The Labute approximate surface area is 186 Å². The van der Waals surface area contributed by atoms with Crippen LogP contribution in [0.2, 0.25) is 0 Å². The van der Waals surface area contributed by atoms with Crippen molar-refractivity contribution in [1.29, 1.82) is 0 Å². The largest absolute Gasteiger partial charge is 0.416 e. The van der Waals surface area contributed by atoms with Gasteiger partial charge in [-0.2, -0.15) is 13.2 Å². The van der Waals surface area contributed by atoms with Crippen LogP contribution in [0.1, 0.15) is 43.6 Å². The smallest absolute Gasteiger partial charge is 0.362 e. The molecule has 2 aromatic carbocycles. The first-order valence-electron chi connectivity index (χ1n) is 9.69. The van der Waals surface area contributed by atoms with Gasteiger partial charge in [-0.1, -0.05) is 40.2 Å². The Morgan fingerprint density at radius 1 is 1.13 bits per heavy atom. The number of carbonyl (C=O) groups is 1. The Bertz CT molecular complexity index is 953. The molecular weight excluding hydrogens is 480 g/mol. The number of rotatable bonds is 4. The summed E-state index contributed by atoms with van der Waals surface area (Å²) in [5.74, 6) is -0.662. The van der Waals surface area contributed by atoms with Gasteiger partial charge in [0.1, 0.15) is 11.9 Å². The van der Waals surface area contributed by atoms with E-state index in [4.69, 9.17) is 4.74 Å². The van der Waals surface area contributed by atoms with Gasteiger partial charge in [0.25, 0.3) is 0 Å². The molecule has 1 N–H and O–H groups in total.